The Hall–Kier alpha value is -2.76. The van der Waals surface area contributed by atoms with E-state index in [4.69, 9.17) is 19.2 Å². The van der Waals surface area contributed by atoms with Gasteiger partial charge in [0.05, 0.1) is 35.9 Å². The van der Waals surface area contributed by atoms with Crippen molar-refractivity contribution in [3.8, 4) is 6.07 Å². The van der Waals surface area contributed by atoms with E-state index in [1.807, 2.05) is 49.1 Å². The first-order valence-corrected chi connectivity index (χ1v) is 9.25. The van der Waals surface area contributed by atoms with Crippen LogP contribution < -0.4 is 4.90 Å². The zero-order chi connectivity index (χ0) is 20.1. The Labute approximate surface area is 164 Å². The highest BCUT2D eigenvalue weighted by Crippen LogP contribution is 2.29. The second kappa shape index (κ2) is 8.95. The van der Waals surface area contributed by atoms with Gasteiger partial charge in [-0.05, 0) is 26.0 Å². The number of esters is 1. The maximum atomic E-state index is 12.5. The van der Waals surface area contributed by atoms with Crippen molar-refractivity contribution in [3.63, 3.8) is 0 Å². The van der Waals surface area contributed by atoms with Gasteiger partial charge in [-0.3, -0.25) is 4.79 Å². The molecule has 0 spiro atoms. The highest BCUT2D eigenvalue weighted by Gasteiger charge is 2.32. The van der Waals surface area contributed by atoms with Gasteiger partial charge in [0, 0.05) is 20.2 Å². The lowest BCUT2D eigenvalue weighted by atomic mass is 10.1. The highest BCUT2D eigenvalue weighted by atomic mass is 16.6. The molecule has 1 aliphatic heterocycles. The third kappa shape index (κ3) is 4.38. The van der Waals surface area contributed by atoms with Gasteiger partial charge in [0.15, 0.2) is 11.7 Å². The number of nitrogens with zero attached hydrogens (tertiary/aromatic N) is 4. The molecule has 3 atom stereocenters. The summed E-state index contributed by atoms with van der Waals surface area (Å²) in [7, 11) is 1.52. The first-order valence-electron chi connectivity index (χ1n) is 9.25. The second-order valence-electron chi connectivity index (χ2n) is 6.81. The van der Waals surface area contributed by atoms with Crippen LogP contribution in [0.2, 0.25) is 0 Å². The van der Waals surface area contributed by atoms with Gasteiger partial charge in [-0.25, -0.2) is 9.97 Å². The standard InChI is InChI=1S/C20H24N4O4/c1-13-11-24(12-14(2)28-13)19-18(15(10-21)20(25)27-9-8-26-3)22-16-6-4-5-7-17(16)23-19/h4-7,13-15H,8-9,11-12H2,1-3H3/t13-,14-,15-/m1/s1. The Morgan fingerprint density at radius 3 is 2.50 bits per heavy atom. The number of ether oxygens (including phenoxy) is 3. The average molecular weight is 384 g/mol. The number of fused-ring (bicyclic) bond motifs is 1. The number of rotatable bonds is 6. The van der Waals surface area contributed by atoms with Crippen LogP contribution in [0.4, 0.5) is 5.82 Å². The van der Waals surface area contributed by atoms with E-state index in [-0.39, 0.29) is 25.4 Å². The van der Waals surface area contributed by atoms with Crippen molar-refractivity contribution in [3.05, 3.63) is 30.0 Å². The van der Waals surface area contributed by atoms with Crippen molar-refractivity contribution in [1.82, 2.24) is 9.97 Å². The molecule has 28 heavy (non-hydrogen) atoms. The van der Waals surface area contributed by atoms with Crippen LogP contribution in [0.3, 0.4) is 0 Å². The van der Waals surface area contributed by atoms with E-state index >= 15 is 0 Å². The van der Waals surface area contributed by atoms with Gasteiger partial charge in [-0.2, -0.15) is 5.26 Å². The number of morpholine rings is 1. The van der Waals surface area contributed by atoms with E-state index in [0.29, 0.717) is 35.6 Å². The second-order valence-corrected chi connectivity index (χ2v) is 6.81. The lowest BCUT2D eigenvalue weighted by Crippen LogP contribution is -2.46. The highest BCUT2D eigenvalue weighted by molar-refractivity contribution is 5.85. The molecule has 0 saturated carbocycles. The first-order chi connectivity index (χ1) is 13.5. The number of carbonyl (C=O) groups excluding carboxylic acids is 1. The molecule has 1 aromatic heterocycles. The van der Waals surface area contributed by atoms with Crippen LogP contribution in [-0.4, -0.2) is 61.6 Å². The molecule has 2 heterocycles. The molecule has 1 aromatic carbocycles. The molecular formula is C20H24N4O4. The number of nitriles is 1. The quantitative estimate of drug-likeness (QED) is 0.551. The maximum Gasteiger partial charge on any atom is 0.329 e. The minimum absolute atomic E-state index is 0.000870. The van der Waals surface area contributed by atoms with Crippen molar-refractivity contribution < 1.29 is 19.0 Å². The lowest BCUT2D eigenvalue weighted by Gasteiger charge is -2.37. The van der Waals surface area contributed by atoms with Gasteiger partial charge in [-0.1, -0.05) is 12.1 Å². The zero-order valence-electron chi connectivity index (χ0n) is 16.3. The number of hydrogen-bond acceptors (Lipinski definition) is 8. The average Bonchev–Trinajstić information content (AvgIpc) is 2.67. The molecule has 8 nitrogen and oxygen atoms in total. The molecule has 0 N–H and O–H groups in total. The SMILES string of the molecule is COCCOC(=O)[C@H](C#N)c1nc2ccccc2nc1N1C[C@@H](C)O[C@H](C)C1. The number of para-hydroxylation sites is 2. The smallest absolute Gasteiger partial charge is 0.329 e. The summed E-state index contributed by atoms with van der Waals surface area (Å²) in [6.07, 6.45) is -0.00174. The van der Waals surface area contributed by atoms with Crippen molar-refractivity contribution in [2.24, 2.45) is 0 Å². The third-order valence-electron chi connectivity index (χ3n) is 4.47. The van der Waals surface area contributed by atoms with Gasteiger partial charge >= 0.3 is 5.97 Å². The molecule has 1 saturated heterocycles. The van der Waals surface area contributed by atoms with Crippen LogP contribution in [0.15, 0.2) is 24.3 Å². The summed E-state index contributed by atoms with van der Waals surface area (Å²) >= 11 is 0. The number of aromatic nitrogens is 2. The first kappa shape index (κ1) is 20.0. The van der Waals surface area contributed by atoms with Gasteiger partial charge in [0.25, 0.3) is 0 Å². The predicted octanol–water partition coefficient (Wildman–Crippen LogP) is 2.04. The number of anilines is 1. The zero-order valence-corrected chi connectivity index (χ0v) is 16.3. The Bertz CT molecular complexity index is 872. The largest absolute Gasteiger partial charge is 0.462 e. The summed E-state index contributed by atoms with van der Waals surface area (Å²) in [6.45, 7) is 5.51. The monoisotopic (exact) mass is 384 g/mol. The van der Waals surface area contributed by atoms with Gasteiger partial charge < -0.3 is 19.1 Å². The summed E-state index contributed by atoms with van der Waals surface area (Å²) in [5, 5.41) is 9.71. The minimum Gasteiger partial charge on any atom is -0.462 e. The van der Waals surface area contributed by atoms with Gasteiger partial charge in [0.2, 0.25) is 0 Å². The van der Waals surface area contributed by atoms with Crippen molar-refractivity contribution >= 4 is 22.8 Å². The van der Waals surface area contributed by atoms with Crippen molar-refractivity contribution in [2.45, 2.75) is 32.0 Å². The fourth-order valence-corrected chi connectivity index (χ4v) is 3.32. The molecule has 0 amide bonds. The number of carbonyl (C=O) groups is 1. The van der Waals surface area contributed by atoms with E-state index < -0.39 is 11.9 Å². The number of methoxy groups -OCH3 is 1. The van der Waals surface area contributed by atoms with Crippen molar-refractivity contribution in [1.29, 1.82) is 5.26 Å². The normalized spacial score (nSPS) is 20.6. The van der Waals surface area contributed by atoms with Gasteiger partial charge in [0.1, 0.15) is 12.3 Å². The molecule has 0 bridgehead atoms. The minimum atomic E-state index is -1.17. The molecular weight excluding hydrogens is 360 g/mol. The van der Waals surface area contributed by atoms with E-state index in [1.165, 1.54) is 7.11 Å². The van der Waals surface area contributed by atoms with E-state index in [2.05, 4.69) is 4.98 Å². The van der Waals surface area contributed by atoms with Gasteiger partial charge in [-0.15, -0.1) is 0 Å². The van der Waals surface area contributed by atoms with E-state index in [0.717, 1.165) is 0 Å². The summed E-state index contributed by atoms with van der Waals surface area (Å²) in [4.78, 5) is 23.9. The van der Waals surface area contributed by atoms with Crippen molar-refractivity contribution in [2.75, 3.05) is 38.3 Å². The van der Waals surface area contributed by atoms with Crippen LogP contribution >= 0.6 is 0 Å². The molecule has 0 unspecified atom stereocenters. The van der Waals surface area contributed by atoms with Crippen LogP contribution in [0.1, 0.15) is 25.5 Å². The Morgan fingerprint density at radius 1 is 1.25 bits per heavy atom. The molecule has 3 rings (SSSR count). The van der Waals surface area contributed by atoms with Crippen LogP contribution in [0.25, 0.3) is 11.0 Å². The predicted molar refractivity (Wildman–Crippen MR) is 103 cm³/mol. The van der Waals surface area contributed by atoms with E-state index in [9.17, 15) is 10.1 Å². The summed E-state index contributed by atoms with van der Waals surface area (Å²) in [5.74, 6) is -1.30. The number of hydrogen-bond donors (Lipinski definition) is 0. The summed E-state index contributed by atoms with van der Waals surface area (Å²) in [6, 6.07) is 9.43. The van der Waals surface area contributed by atoms with E-state index in [1.54, 1.807) is 0 Å². The molecule has 1 fully saturated rings. The molecule has 1 aliphatic rings. The molecule has 8 heteroatoms. The van der Waals surface area contributed by atoms with Crippen LogP contribution in [-0.2, 0) is 19.0 Å². The molecule has 2 aromatic rings. The molecule has 0 aliphatic carbocycles. The molecule has 0 radical (unpaired) electrons. The van der Waals surface area contributed by atoms with Crippen LogP contribution in [0, 0.1) is 11.3 Å². The topological polar surface area (TPSA) is 97.6 Å². The fourth-order valence-electron chi connectivity index (χ4n) is 3.32. The van der Waals surface area contributed by atoms with Crippen LogP contribution in [0.5, 0.6) is 0 Å². The maximum absolute atomic E-state index is 12.5. The lowest BCUT2D eigenvalue weighted by molar-refractivity contribution is -0.145. The number of benzene rings is 1. The Kier molecular flexibility index (Phi) is 6.39. The molecule has 148 valence electrons. The Balaban J connectivity index is 2.03. The summed E-state index contributed by atoms with van der Waals surface area (Å²) < 4.78 is 15.9. The summed E-state index contributed by atoms with van der Waals surface area (Å²) in [5.41, 5.74) is 1.64. The third-order valence-corrected chi connectivity index (χ3v) is 4.47. The Morgan fingerprint density at radius 2 is 1.89 bits per heavy atom. The fraction of sp³-hybridized carbons (Fsp3) is 0.500.